The van der Waals surface area contributed by atoms with Gasteiger partial charge in [0.15, 0.2) is 0 Å². The van der Waals surface area contributed by atoms with Crippen molar-refractivity contribution >= 4 is 22.9 Å². The largest absolute Gasteiger partial charge is 0.496 e. The van der Waals surface area contributed by atoms with Crippen molar-refractivity contribution in [1.29, 1.82) is 0 Å². The van der Waals surface area contributed by atoms with E-state index in [-0.39, 0.29) is 5.38 Å². The van der Waals surface area contributed by atoms with Gasteiger partial charge in [-0.1, -0.05) is 32.0 Å². The summed E-state index contributed by atoms with van der Waals surface area (Å²) < 4.78 is 5.38. The van der Waals surface area contributed by atoms with Crippen LogP contribution in [0.5, 0.6) is 5.75 Å². The molecule has 1 aromatic carbocycles. The summed E-state index contributed by atoms with van der Waals surface area (Å²) in [5.41, 5.74) is 3.85. The summed E-state index contributed by atoms with van der Waals surface area (Å²) in [6.07, 6.45) is 2.03. The van der Waals surface area contributed by atoms with Crippen molar-refractivity contribution < 1.29 is 4.74 Å². The Labute approximate surface area is 124 Å². The van der Waals surface area contributed by atoms with Crippen molar-refractivity contribution in [1.82, 2.24) is 0 Å². The molecule has 1 nitrogen and oxygen atoms in total. The lowest BCUT2D eigenvalue weighted by molar-refractivity contribution is 0.412. The monoisotopic (exact) mass is 294 g/mol. The zero-order chi connectivity index (χ0) is 13.8. The number of thiophene rings is 1. The van der Waals surface area contributed by atoms with Gasteiger partial charge in [-0.2, -0.15) is 0 Å². The van der Waals surface area contributed by atoms with Crippen molar-refractivity contribution in [3.8, 4) is 5.75 Å². The summed E-state index contributed by atoms with van der Waals surface area (Å²) in [5.74, 6) is 0.883. The fourth-order valence-electron chi connectivity index (χ4n) is 2.23. The van der Waals surface area contributed by atoms with Crippen LogP contribution in [-0.2, 0) is 12.8 Å². The van der Waals surface area contributed by atoms with Gasteiger partial charge in [0.1, 0.15) is 5.75 Å². The third-order valence-corrected chi connectivity index (χ3v) is 4.93. The molecule has 3 heteroatoms. The average molecular weight is 295 g/mol. The van der Waals surface area contributed by atoms with Crippen LogP contribution in [-0.4, -0.2) is 7.11 Å². The Bertz CT molecular complexity index is 547. The van der Waals surface area contributed by atoms with Crippen molar-refractivity contribution in [2.45, 2.75) is 32.1 Å². The first kappa shape index (κ1) is 14.4. The summed E-state index contributed by atoms with van der Waals surface area (Å²) in [6.45, 7) is 4.33. The van der Waals surface area contributed by atoms with E-state index in [9.17, 15) is 0 Å². The number of benzene rings is 1. The highest BCUT2D eigenvalue weighted by Gasteiger charge is 2.19. The van der Waals surface area contributed by atoms with Crippen LogP contribution in [0.3, 0.4) is 0 Å². The fourth-order valence-corrected chi connectivity index (χ4v) is 3.54. The minimum Gasteiger partial charge on any atom is -0.496 e. The van der Waals surface area contributed by atoms with Crippen LogP contribution >= 0.6 is 22.9 Å². The molecule has 0 amide bonds. The second kappa shape index (κ2) is 6.44. The minimum atomic E-state index is -0.128. The molecule has 1 atom stereocenters. The van der Waals surface area contributed by atoms with Crippen LogP contribution in [0.25, 0.3) is 0 Å². The number of alkyl halides is 1. The van der Waals surface area contributed by atoms with Gasteiger partial charge in [0.25, 0.3) is 0 Å². The maximum atomic E-state index is 6.70. The molecule has 0 radical (unpaired) electrons. The molecule has 1 aromatic heterocycles. The van der Waals surface area contributed by atoms with Crippen LogP contribution < -0.4 is 4.74 Å². The van der Waals surface area contributed by atoms with Gasteiger partial charge in [0, 0.05) is 0 Å². The Morgan fingerprint density at radius 1 is 1.21 bits per heavy atom. The highest BCUT2D eigenvalue weighted by Crippen LogP contribution is 2.40. The SMILES string of the molecule is CCc1ccc(CC)c(C(Cl)c2sccc2OC)c1. The van der Waals surface area contributed by atoms with Gasteiger partial charge >= 0.3 is 0 Å². The molecule has 0 spiro atoms. The molecule has 19 heavy (non-hydrogen) atoms. The molecule has 2 aromatic rings. The smallest absolute Gasteiger partial charge is 0.134 e. The highest BCUT2D eigenvalue weighted by molar-refractivity contribution is 7.10. The molecule has 2 rings (SSSR count). The Kier molecular flexibility index (Phi) is 4.89. The lowest BCUT2D eigenvalue weighted by Crippen LogP contribution is -2.00. The van der Waals surface area contributed by atoms with Gasteiger partial charge in [0.2, 0.25) is 0 Å². The number of methoxy groups -OCH3 is 1. The Hall–Kier alpha value is -0.990. The number of rotatable bonds is 5. The summed E-state index contributed by atoms with van der Waals surface area (Å²) >= 11 is 8.35. The quantitative estimate of drug-likeness (QED) is 0.688. The van der Waals surface area contributed by atoms with Crippen LogP contribution in [0.4, 0.5) is 0 Å². The summed E-state index contributed by atoms with van der Waals surface area (Å²) in [5, 5.41) is 1.90. The molecule has 0 aliphatic heterocycles. The third kappa shape index (κ3) is 2.96. The van der Waals surface area contributed by atoms with Gasteiger partial charge in [-0.05, 0) is 41.0 Å². The van der Waals surface area contributed by atoms with Gasteiger partial charge < -0.3 is 4.74 Å². The van der Waals surface area contributed by atoms with Crippen LogP contribution in [0.15, 0.2) is 29.6 Å². The van der Waals surface area contributed by atoms with Crippen molar-refractivity contribution in [2.75, 3.05) is 7.11 Å². The van der Waals surface area contributed by atoms with E-state index in [4.69, 9.17) is 16.3 Å². The normalized spacial score (nSPS) is 12.4. The molecule has 0 saturated carbocycles. The number of hydrogen-bond acceptors (Lipinski definition) is 2. The summed E-state index contributed by atoms with van der Waals surface area (Å²) in [6, 6.07) is 8.60. The summed E-state index contributed by atoms with van der Waals surface area (Å²) in [7, 11) is 1.69. The Morgan fingerprint density at radius 2 is 2.00 bits per heavy atom. The minimum absolute atomic E-state index is 0.128. The van der Waals surface area contributed by atoms with E-state index in [0.717, 1.165) is 23.5 Å². The molecule has 102 valence electrons. The van der Waals surface area contributed by atoms with Crippen LogP contribution in [0.2, 0.25) is 0 Å². The van der Waals surface area contributed by atoms with E-state index in [1.54, 1.807) is 18.4 Å². The molecular formula is C16H19ClOS. The van der Waals surface area contributed by atoms with Gasteiger partial charge in [-0.3, -0.25) is 0 Å². The van der Waals surface area contributed by atoms with Crippen LogP contribution in [0, 0.1) is 0 Å². The number of ether oxygens (including phenoxy) is 1. The molecule has 0 saturated heterocycles. The standard InChI is InChI=1S/C16H19ClOS/c1-4-11-6-7-12(5-2)13(10-11)15(17)16-14(18-3)8-9-19-16/h6-10,15H,4-5H2,1-3H3. The first-order valence-electron chi connectivity index (χ1n) is 6.58. The number of aryl methyl sites for hydroxylation is 2. The Balaban J connectivity index is 2.45. The molecular weight excluding hydrogens is 276 g/mol. The van der Waals surface area contributed by atoms with Gasteiger partial charge in [0.05, 0.1) is 17.4 Å². The summed E-state index contributed by atoms with van der Waals surface area (Å²) in [4.78, 5) is 1.09. The zero-order valence-electron chi connectivity index (χ0n) is 11.6. The predicted octanol–water partition coefficient (Wildman–Crippen LogP) is 5.21. The second-order valence-electron chi connectivity index (χ2n) is 4.46. The maximum absolute atomic E-state index is 6.70. The molecule has 1 unspecified atom stereocenters. The first-order chi connectivity index (χ1) is 9.21. The third-order valence-electron chi connectivity index (χ3n) is 3.38. The first-order valence-corrected chi connectivity index (χ1v) is 7.90. The molecule has 1 heterocycles. The van der Waals surface area contributed by atoms with E-state index in [1.807, 2.05) is 11.4 Å². The van der Waals surface area contributed by atoms with Crippen molar-refractivity contribution in [2.24, 2.45) is 0 Å². The lowest BCUT2D eigenvalue weighted by atomic mass is 9.97. The van der Waals surface area contributed by atoms with E-state index < -0.39 is 0 Å². The topological polar surface area (TPSA) is 9.23 Å². The van der Waals surface area contributed by atoms with Gasteiger partial charge in [-0.15, -0.1) is 22.9 Å². The van der Waals surface area contributed by atoms with E-state index >= 15 is 0 Å². The molecule has 0 bridgehead atoms. The molecule has 0 N–H and O–H groups in total. The number of hydrogen-bond donors (Lipinski definition) is 0. The van der Waals surface area contributed by atoms with Crippen molar-refractivity contribution in [3.63, 3.8) is 0 Å². The van der Waals surface area contributed by atoms with Gasteiger partial charge in [-0.25, -0.2) is 0 Å². The highest BCUT2D eigenvalue weighted by atomic mass is 35.5. The molecule has 0 fully saturated rings. The lowest BCUT2D eigenvalue weighted by Gasteiger charge is -2.15. The molecule has 0 aliphatic carbocycles. The average Bonchev–Trinajstić information content (AvgIpc) is 2.94. The fraction of sp³-hybridized carbons (Fsp3) is 0.375. The van der Waals surface area contributed by atoms with Crippen LogP contribution in [0.1, 0.15) is 40.8 Å². The Morgan fingerprint density at radius 3 is 2.63 bits per heavy atom. The second-order valence-corrected chi connectivity index (χ2v) is 5.84. The van der Waals surface area contributed by atoms with E-state index in [0.29, 0.717) is 0 Å². The number of halogens is 1. The van der Waals surface area contributed by atoms with E-state index in [1.165, 1.54) is 16.7 Å². The zero-order valence-corrected chi connectivity index (χ0v) is 13.1. The molecule has 0 aliphatic rings. The van der Waals surface area contributed by atoms with E-state index in [2.05, 4.69) is 32.0 Å². The predicted molar refractivity (Wildman–Crippen MR) is 83.8 cm³/mol. The maximum Gasteiger partial charge on any atom is 0.134 e. The van der Waals surface area contributed by atoms with Crippen molar-refractivity contribution in [3.05, 3.63) is 51.2 Å².